The Morgan fingerprint density at radius 1 is 1.21 bits per heavy atom. The largest absolute Gasteiger partial charge is 0.444 e. The van der Waals surface area contributed by atoms with Crippen LogP contribution in [0.25, 0.3) is 6.08 Å². The van der Waals surface area contributed by atoms with E-state index in [0.717, 1.165) is 17.7 Å². The van der Waals surface area contributed by atoms with Crippen molar-refractivity contribution < 1.29 is 14.3 Å². The summed E-state index contributed by atoms with van der Waals surface area (Å²) in [6.07, 6.45) is 4.12. The van der Waals surface area contributed by atoms with E-state index in [9.17, 15) is 9.59 Å². The molecule has 1 atom stereocenters. The summed E-state index contributed by atoms with van der Waals surface area (Å²) in [6, 6.07) is 13.2. The van der Waals surface area contributed by atoms with Gasteiger partial charge in [-0.25, -0.2) is 4.79 Å². The first-order valence-electron chi connectivity index (χ1n) is 7.92. The molecule has 1 fully saturated rings. The first-order valence-corrected chi connectivity index (χ1v) is 8.74. The normalized spacial score (nSPS) is 15.2. The molecule has 0 aliphatic heterocycles. The summed E-state index contributed by atoms with van der Waals surface area (Å²) in [4.78, 5) is 26.7. The molecule has 2 aromatic rings. The number of rotatable bonds is 6. The molecule has 0 bridgehead atoms. The van der Waals surface area contributed by atoms with Gasteiger partial charge in [0.25, 0.3) is 5.91 Å². The van der Waals surface area contributed by atoms with Gasteiger partial charge in [-0.2, -0.15) is 0 Å². The number of esters is 1. The van der Waals surface area contributed by atoms with Crippen molar-refractivity contribution in [1.29, 1.82) is 0 Å². The summed E-state index contributed by atoms with van der Waals surface area (Å²) in [5.74, 6) is -0.793. The van der Waals surface area contributed by atoms with Crippen LogP contribution in [0.4, 0.5) is 0 Å². The Kier molecular flexibility index (Phi) is 5.11. The molecule has 1 amide bonds. The molecule has 5 heteroatoms. The number of amides is 1. The Morgan fingerprint density at radius 2 is 1.96 bits per heavy atom. The number of benzene rings is 1. The summed E-state index contributed by atoms with van der Waals surface area (Å²) < 4.78 is 5.42. The van der Waals surface area contributed by atoms with Crippen LogP contribution in [0.1, 0.15) is 34.3 Å². The number of carbonyl (C=O) groups is 2. The second kappa shape index (κ2) is 7.45. The standard InChI is InChI=1S/C19H19NO3S/c1-13-7-10-16(24-13)11-12-17(21)23-18(14-5-3-2-4-6-14)19(22)20-15-8-9-15/h2-7,10-12,15,18H,8-9H2,1H3,(H,20,22)/b12-11+/t18-/m1/s1. The van der Waals surface area contributed by atoms with Crippen molar-refractivity contribution in [3.8, 4) is 0 Å². The first kappa shape index (κ1) is 16.5. The highest BCUT2D eigenvalue weighted by molar-refractivity contribution is 7.12. The number of thiophene rings is 1. The molecule has 1 saturated carbocycles. The van der Waals surface area contributed by atoms with Gasteiger partial charge in [0.05, 0.1) is 0 Å². The van der Waals surface area contributed by atoms with E-state index in [2.05, 4.69) is 5.32 Å². The average Bonchev–Trinajstić information content (AvgIpc) is 3.30. The van der Waals surface area contributed by atoms with Gasteiger partial charge in [-0.15, -0.1) is 11.3 Å². The van der Waals surface area contributed by atoms with Crippen LogP contribution in [0.2, 0.25) is 0 Å². The van der Waals surface area contributed by atoms with Crippen molar-refractivity contribution in [3.05, 3.63) is 63.9 Å². The van der Waals surface area contributed by atoms with Gasteiger partial charge in [0.15, 0.2) is 0 Å². The first-order chi connectivity index (χ1) is 11.6. The van der Waals surface area contributed by atoms with Crippen molar-refractivity contribution in [2.75, 3.05) is 0 Å². The topological polar surface area (TPSA) is 55.4 Å². The molecule has 1 aliphatic rings. The third-order valence-electron chi connectivity index (χ3n) is 3.64. The molecule has 1 aromatic carbocycles. The van der Waals surface area contributed by atoms with Crippen LogP contribution >= 0.6 is 11.3 Å². The zero-order chi connectivity index (χ0) is 16.9. The van der Waals surface area contributed by atoms with Crippen LogP contribution in [0.3, 0.4) is 0 Å². The molecule has 1 N–H and O–H groups in total. The van der Waals surface area contributed by atoms with E-state index in [0.29, 0.717) is 5.56 Å². The van der Waals surface area contributed by atoms with Crippen LogP contribution in [0.5, 0.6) is 0 Å². The van der Waals surface area contributed by atoms with Gasteiger partial charge in [-0.1, -0.05) is 30.3 Å². The lowest BCUT2D eigenvalue weighted by Crippen LogP contribution is -2.33. The minimum Gasteiger partial charge on any atom is -0.444 e. The van der Waals surface area contributed by atoms with Crippen molar-refractivity contribution in [3.63, 3.8) is 0 Å². The van der Waals surface area contributed by atoms with E-state index in [4.69, 9.17) is 4.74 Å². The predicted molar refractivity (Wildman–Crippen MR) is 94.5 cm³/mol. The molecule has 4 nitrogen and oxygen atoms in total. The van der Waals surface area contributed by atoms with Crippen LogP contribution in [0.15, 0.2) is 48.5 Å². The second-order valence-corrected chi connectivity index (χ2v) is 7.11. The van der Waals surface area contributed by atoms with E-state index in [1.165, 1.54) is 11.0 Å². The molecular weight excluding hydrogens is 322 g/mol. The zero-order valence-electron chi connectivity index (χ0n) is 13.4. The molecule has 0 radical (unpaired) electrons. The molecule has 0 unspecified atom stereocenters. The lowest BCUT2D eigenvalue weighted by atomic mass is 10.1. The van der Waals surface area contributed by atoms with Crippen LogP contribution in [0, 0.1) is 6.92 Å². The number of ether oxygens (including phenoxy) is 1. The zero-order valence-corrected chi connectivity index (χ0v) is 14.2. The maximum Gasteiger partial charge on any atom is 0.331 e. The lowest BCUT2D eigenvalue weighted by molar-refractivity contribution is -0.151. The van der Waals surface area contributed by atoms with E-state index < -0.39 is 12.1 Å². The SMILES string of the molecule is Cc1ccc(/C=C/C(=O)O[C@@H](C(=O)NC2CC2)c2ccccc2)s1. The quantitative estimate of drug-likeness (QED) is 0.645. The fraction of sp³-hybridized carbons (Fsp3) is 0.263. The maximum absolute atomic E-state index is 12.4. The molecule has 24 heavy (non-hydrogen) atoms. The minimum absolute atomic E-state index is 0.215. The van der Waals surface area contributed by atoms with Gasteiger partial charge in [0.2, 0.25) is 6.10 Å². The Morgan fingerprint density at radius 3 is 2.58 bits per heavy atom. The Hall–Kier alpha value is -2.40. The molecular formula is C19H19NO3S. The predicted octanol–water partition coefficient (Wildman–Crippen LogP) is 3.63. The van der Waals surface area contributed by atoms with E-state index >= 15 is 0 Å². The van der Waals surface area contributed by atoms with E-state index in [1.54, 1.807) is 29.5 Å². The van der Waals surface area contributed by atoms with Gasteiger partial charge in [-0.3, -0.25) is 4.79 Å². The van der Waals surface area contributed by atoms with Crippen molar-refractivity contribution in [2.45, 2.75) is 31.9 Å². The second-order valence-electron chi connectivity index (χ2n) is 5.79. The third kappa shape index (κ3) is 4.55. The fourth-order valence-electron chi connectivity index (χ4n) is 2.25. The molecule has 1 heterocycles. The van der Waals surface area contributed by atoms with Crippen molar-refractivity contribution >= 4 is 29.3 Å². The van der Waals surface area contributed by atoms with E-state index in [-0.39, 0.29) is 11.9 Å². The average molecular weight is 341 g/mol. The highest BCUT2D eigenvalue weighted by Crippen LogP contribution is 2.23. The third-order valence-corrected chi connectivity index (χ3v) is 4.61. The monoisotopic (exact) mass is 341 g/mol. The maximum atomic E-state index is 12.4. The number of hydrogen-bond acceptors (Lipinski definition) is 4. The number of carbonyl (C=O) groups excluding carboxylic acids is 2. The van der Waals surface area contributed by atoms with Crippen molar-refractivity contribution in [1.82, 2.24) is 5.32 Å². The number of aryl methyl sites for hydroxylation is 1. The number of hydrogen-bond donors (Lipinski definition) is 1. The Bertz CT molecular complexity index is 747. The molecule has 1 aliphatic carbocycles. The molecule has 124 valence electrons. The van der Waals surface area contributed by atoms with Crippen molar-refractivity contribution in [2.24, 2.45) is 0 Å². The molecule has 1 aromatic heterocycles. The summed E-state index contributed by atoms with van der Waals surface area (Å²) in [7, 11) is 0. The van der Waals surface area contributed by atoms with E-state index in [1.807, 2.05) is 37.3 Å². The highest BCUT2D eigenvalue weighted by atomic mass is 32.1. The summed E-state index contributed by atoms with van der Waals surface area (Å²) >= 11 is 1.59. The van der Waals surface area contributed by atoms with Gasteiger partial charge >= 0.3 is 5.97 Å². The summed E-state index contributed by atoms with van der Waals surface area (Å²) in [5.41, 5.74) is 0.671. The van der Waals surface area contributed by atoms with Gasteiger partial charge in [-0.05, 0) is 38.0 Å². The van der Waals surface area contributed by atoms with Gasteiger partial charge in [0.1, 0.15) is 0 Å². The molecule has 0 saturated heterocycles. The lowest BCUT2D eigenvalue weighted by Gasteiger charge is -2.17. The smallest absolute Gasteiger partial charge is 0.331 e. The number of nitrogens with one attached hydrogen (secondary N) is 1. The van der Waals surface area contributed by atoms with Crippen LogP contribution < -0.4 is 5.32 Å². The molecule has 3 rings (SSSR count). The van der Waals surface area contributed by atoms with Crippen LogP contribution in [-0.2, 0) is 14.3 Å². The van der Waals surface area contributed by atoms with Gasteiger partial charge < -0.3 is 10.1 Å². The molecule has 0 spiro atoms. The highest BCUT2D eigenvalue weighted by Gasteiger charge is 2.30. The van der Waals surface area contributed by atoms with Crippen LogP contribution in [-0.4, -0.2) is 17.9 Å². The summed E-state index contributed by atoms with van der Waals surface area (Å²) in [6.45, 7) is 2.01. The Balaban J connectivity index is 1.69. The minimum atomic E-state index is -0.922. The fourth-order valence-corrected chi connectivity index (χ4v) is 3.03. The summed E-state index contributed by atoms with van der Waals surface area (Å²) in [5, 5.41) is 2.90. The van der Waals surface area contributed by atoms with Gasteiger partial charge in [0, 0.05) is 27.4 Å². The Labute approximate surface area is 145 Å².